The molecule has 2 rings (SSSR count). The van der Waals surface area contributed by atoms with Crippen molar-refractivity contribution in [2.24, 2.45) is 17.6 Å². The number of carbonyl (C=O) groups excluding carboxylic acids is 2. The molecule has 0 aromatic rings. The van der Waals surface area contributed by atoms with E-state index in [9.17, 15) is 9.59 Å². The average molecular weight is 241 g/mol. The fourth-order valence-electron chi connectivity index (χ4n) is 2.54. The molecule has 2 N–H and O–H groups in total. The monoisotopic (exact) mass is 241 g/mol. The van der Waals surface area contributed by atoms with Crippen molar-refractivity contribution in [1.82, 2.24) is 0 Å². The van der Waals surface area contributed by atoms with Gasteiger partial charge < -0.3 is 10.5 Å². The van der Waals surface area contributed by atoms with E-state index in [0.29, 0.717) is 0 Å². The zero-order valence-electron chi connectivity index (χ0n) is 10.6. The molecule has 0 aromatic heterocycles. The molecule has 1 amide bonds. The van der Waals surface area contributed by atoms with Crippen LogP contribution in [0.2, 0.25) is 0 Å². The van der Waals surface area contributed by atoms with Crippen LogP contribution in [0.3, 0.4) is 0 Å². The Morgan fingerprint density at radius 3 is 1.65 bits per heavy atom. The van der Waals surface area contributed by atoms with E-state index >= 15 is 0 Å². The minimum atomic E-state index is -0.109. The van der Waals surface area contributed by atoms with Gasteiger partial charge in [-0.05, 0) is 25.7 Å². The Morgan fingerprint density at radius 2 is 1.35 bits per heavy atom. The molecule has 98 valence electrons. The van der Waals surface area contributed by atoms with Gasteiger partial charge in [-0.25, -0.2) is 0 Å². The summed E-state index contributed by atoms with van der Waals surface area (Å²) >= 11 is 0. The molecule has 2 fully saturated rings. The quantitative estimate of drug-likeness (QED) is 0.752. The molecule has 0 heterocycles. The van der Waals surface area contributed by atoms with Gasteiger partial charge in [0.1, 0.15) is 0 Å². The highest BCUT2D eigenvalue weighted by molar-refractivity contribution is 5.76. The van der Waals surface area contributed by atoms with E-state index in [2.05, 4.69) is 4.74 Å². The highest BCUT2D eigenvalue weighted by atomic mass is 16.5. The van der Waals surface area contributed by atoms with Crippen molar-refractivity contribution in [3.8, 4) is 0 Å². The van der Waals surface area contributed by atoms with E-state index in [1.807, 2.05) is 0 Å². The predicted octanol–water partition coefficient (Wildman–Crippen LogP) is 2.01. The van der Waals surface area contributed by atoms with Gasteiger partial charge in [0.15, 0.2) is 0 Å². The third kappa shape index (κ3) is 4.75. The summed E-state index contributed by atoms with van der Waals surface area (Å²) < 4.78 is 4.60. The van der Waals surface area contributed by atoms with Gasteiger partial charge in [-0.2, -0.15) is 0 Å². The van der Waals surface area contributed by atoms with E-state index < -0.39 is 0 Å². The van der Waals surface area contributed by atoms with E-state index in [0.717, 1.165) is 25.7 Å². The molecular formula is C13H23NO3. The molecule has 4 heteroatoms. The molecule has 2 saturated carbocycles. The number of nitrogens with two attached hydrogens (primary N) is 1. The lowest BCUT2D eigenvalue weighted by Crippen LogP contribution is -2.19. The van der Waals surface area contributed by atoms with Crippen molar-refractivity contribution in [2.45, 2.75) is 51.4 Å². The molecule has 0 unspecified atom stereocenters. The summed E-state index contributed by atoms with van der Waals surface area (Å²) in [6, 6.07) is 0. The highest BCUT2D eigenvalue weighted by Gasteiger charge is 2.22. The van der Waals surface area contributed by atoms with Crippen LogP contribution in [0.25, 0.3) is 0 Å². The number of hydrogen-bond acceptors (Lipinski definition) is 3. The Bertz CT molecular complexity index is 253. The van der Waals surface area contributed by atoms with E-state index in [1.165, 1.54) is 32.8 Å². The van der Waals surface area contributed by atoms with Gasteiger partial charge in [-0.3, -0.25) is 9.59 Å². The van der Waals surface area contributed by atoms with Crippen molar-refractivity contribution in [3.63, 3.8) is 0 Å². The third-order valence-electron chi connectivity index (χ3n) is 3.65. The van der Waals surface area contributed by atoms with Gasteiger partial charge in [0, 0.05) is 5.92 Å². The number of rotatable bonds is 2. The number of primary amides is 1. The number of esters is 1. The molecule has 2 aliphatic carbocycles. The van der Waals surface area contributed by atoms with Gasteiger partial charge in [0.05, 0.1) is 13.0 Å². The molecule has 0 saturated heterocycles. The Hall–Kier alpha value is -1.06. The fourth-order valence-corrected chi connectivity index (χ4v) is 2.54. The van der Waals surface area contributed by atoms with Crippen LogP contribution in [0.1, 0.15) is 51.4 Å². The number of hydrogen-bond donors (Lipinski definition) is 1. The maximum absolute atomic E-state index is 10.8. The molecule has 17 heavy (non-hydrogen) atoms. The lowest BCUT2D eigenvalue weighted by molar-refractivity contribution is -0.145. The van der Waals surface area contributed by atoms with Gasteiger partial charge in [-0.15, -0.1) is 0 Å². The smallest absolute Gasteiger partial charge is 0.308 e. The summed E-state index contributed by atoms with van der Waals surface area (Å²) in [5.41, 5.74) is 5.06. The van der Waals surface area contributed by atoms with Crippen molar-refractivity contribution in [2.75, 3.05) is 7.11 Å². The Labute approximate surface area is 103 Å². The van der Waals surface area contributed by atoms with E-state index in [4.69, 9.17) is 5.73 Å². The van der Waals surface area contributed by atoms with Gasteiger partial charge in [-0.1, -0.05) is 25.7 Å². The standard InChI is InChI=1S/C7H12O2.C6H11NO/c1-9-7(8)6-4-2-3-5-6;7-6(8)5-3-1-2-4-5/h6H,2-5H2,1H3;5H,1-4H2,(H2,7,8). The second-order valence-electron chi connectivity index (χ2n) is 4.89. The molecule has 0 aliphatic heterocycles. The first-order valence-corrected chi connectivity index (χ1v) is 6.52. The first kappa shape index (κ1) is 14.0. The van der Waals surface area contributed by atoms with Crippen molar-refractivity contribution < 1.29 is 14.3 Å². The zero-order chi connectivity index (χ0) is 12.7. The maximum Gasteiger partial charge on any atom is 0.308 e. The van der Waals surface area contributed by atoms with Crippen LogP contribution in [0.4, 0.5) is 0 Å². The summed E-state index contributed by atoms with van der Waals surface area (Å²) in [5, 5.41) is 0. The van der Waals surface area contributed by atoms with E-state index in [-0.39, 0.29) is 23.7 Å². The SMILES string of the molecule is COC(=O)C1CCCC1.NC(=O)C1CCCC1. The third-order valence-corrected chi connectivity index (χ3v) is 3.65. The van der Waals surface area contributed by atoms with Crippen LogP contribution in [0.15, 0.2) is 0 Å². The first-order chi connectivity index (χ1) is 8.15. The van der Waals surface area contributed by atoms with Crippen molar-refractivity contribution >= 4 is 11.9 Å². The molecule has 2 aliphatic rings. The molecular weight excluding hydrogens is 218 g/mol. The van der Waals surface area contributed by atoms with Gasteiger partial charge in [0.25, 0.3) is 0 Å². The number of methoxy groups -OCH3 is 1. The summed E-state index contributed by atoms with van der Waals surface area (Å²) in [7, 11) is 1.46. The zero-order valence-corrected chi connectivity index (χ0v) is 10.6. The Morgan fingerprint density at radius 1 is 0.941 bits per heavy atom. The summed E-state index contributed by atoms with van der Waals surface area (Å²) in [6.45, 7) is 0. The Balaban J connectivity index is 0.000000171. The second kappa shape index (κ2) is 7.30. The molecule has 0 atom stereocenters. The van der Waals surface area contributed by atoms with Gasteiger partial charge in [0.2, 0.25) is 5.91 Å². The van der Waals surface area contributed by atoms with Crippen LogP contribution in [-0.4, -0.2) is 19.0 Å². The number of amides is 1. The largest absolute Gasteiger partial charge is 0.469 e. The average Bonchev–Trinajstić information content (AvgIpc) is 3.01. The number of carbonyl (C=O) groups is 2. The van der Waals surface area contributed by atoms with Crippen LogP contribution < -0.4 is 5.73 Å². The number of ether oxygens (including phenoxy) is 1. The molecule has 0 spiro atoms. The summed E-state index contributed by atoms with van der Waals surface area (Å²) in [6.07, 6.45) is 8.88. The lowest BCUT2D eigenvalue weighted by atomic mass is 10.1. The highest BCUT2D eigenvalue weighted by Crippen LogP contribution is 2.25. The minimum absolute atomic E-state index is 0.0208. The lowest BCUT2D eigenvalue weighted by Gasteiger charge is -2.03. The van der Waals surface area contributed by atoms with Crippen LogP contribution >= 0.6 is 0 Å². The predicted molar refractivity (Wildman–Crippen MR) is 65.1 cm³/mol. The van der Waals surface area contributed by atoms with Crippen LogP contribution in [0.5, 0.6) is 0 Å². The second-order valence-corrected chi connectivity index (χ2v) is 4.89. The van der Waals surface area contributed by atoms with Crippen LogP contribution in [-0.2, 0) is 14.3 Å². The van der Waals surface area contributed by atoms with Crippen molar-refractivity contribution in [3.05, 3.63) is 0 Å². The topological polar surface area (TPSA) is 69.4 Å². The first-order valence-electron chi connectivity index (χ1n) is 6.52. The van der Waals surface area contributed by atoms with E-state index in [1.54, 1.807) is 0 Å². The minimum Gasteiger partial charge on any atom is -0.469 e. The van der Waals surface area contributed by atoms with Gasteiger partial charge >= 0.3 is 5.97 Å². The fraction of sp³-hybridized carbons (Fsp3) is 0.846. The maximum atomic E-state index is 10.8. The molecule has 0 bridgehead atoms. The molecule has 0 radical (unpaired) electrons. The summed E-state index contributed by atoms with van der Waals surface area (Å²) in [5.74, 6) is 0.292. The van der Waals surface area contributed by atoms with Crippen molar-refractivity contribution in [1.29, 1.82) is 0 Å². The normalized spacial score (nSPS) is 20.8. The molecule has 0 aromatic carbocycles. The molecule has 4 nitrogen and oxygen atoms in total. The summed E-state index contributed by atoms with van der Waals surface area (Å²) in [4.78, 5) is 21.2. The Kier molecular flexibility index (Phi) is 6.01. The van der Waals surface area contributed by atoms with Crippen LogP contribution in [0, 0.1) is 11.8 Å².